The number of benzene rings is 1. The van der Waals surface area contributed by atoms with Gasteiger partial charge in [0, 0.05) is 13.5 Å². The number of carbonyl (C=O) groups excluding carboxylic acids is 1. The Morgan fingerprint density at radius 2 is 1.84 bits per heavy atom. The van der Waals surface area contributed by atoms with Gasteiger partial charge in [0.05, 0.1) is 28.5 Å². The van der Waals surface area contributed by atoms with E-state index in [2.05, 4.69) is 5.32 Å². The Kier molecular flexibility index (Phi) is 5.46. The first-order chi connectivity index (χ1) is 8.73. The zero-order chi connectivity index (χ0) is 14.6. The molecule has 0 saturated carbocycles. The van der Waals surface area contributed by atoms with Gasteiger partial charge in [-0.1, -0.05) is 29.3 Å². The molecule has 106 valence electrons. The number of nitrogens with one attached hydrogen (secondary N) is 1. The summed E-state index contributed by atoms with van der Waals surface area (Å²) in [6, 6.07) is 4.74. The van der Waals surface area contributed by atoms with Crippen LogP contribution in [0.25, 0.3) is 0 Å². The molecule has 0 unspecified atom stereocenters. The first-order valence-corrected chi connectivity index (χ1v) is 8.00. The van der Waals surface area contributed by atoms with Crippen molar-refractivity contribution in [2.24, 2.45) is 0 Å². The second kappa shape index (κ2) is 6.45. The monoisotopic (exact) mass is 324 g/mol. The number of para-hydroxylation sites is 1. The van der Waals surface area contributed by atoms with Crippen molar-refractivity contribution >= 4 is 44.8 Å². The molecule has 19 heavy (non-hydrogen) atoms. The van der Waals surface area contributed by atoms with E-state index in [-0.39, 0.29) is 34.7 Å². The summed E-state index contributed by atoms with van der Waals surface area (Å²) in [6.45, 7) is 1.58. The average molecular weight is 325 g/mol. The summed E-state index contributed by atoms with van der Waals surface area (Å²) in [5, 5.41) is 3.00. The SMILES string of the molecule is CC(=O)NCCN(c1c(Cl)cccc1Cl)S(C)(=O)=O. The van der Waals surface area contributed by atoms with Crippen molar-refractivity contribution < 1.29 is 13.2 Å². The van der Waals surface area contributed by atoms with Crippen molar-refractivity contribution in [2.75, 3.05) is 23.7 Å². The van der Waals surface area contributed by atoms with Gasteiger partial charge in [0.1, 0.15) is 0 Å². The minimum Gasteiger partial charge on any atom is -0.355 e. The largest absolute Gasteiger partial charge is 0.355 e. The molecule has 0 spiro atoms. The molecule has 1 amide bonds. The quantitative estimate of drug-likeness (QED) is 0.899. The molecule has 0 aliphatic heterocycles. The number of anilines is 1. The lowest BCUT2D eigenvalue weighted by Crippen LogP contribution is -2.37. The fourth-order valence-electron chi connectivity index (χ4n) is 1.50. The topological polar surface area (TPSA) is 66.5 Å². The van der Waals surface area contributed by atoms with Crippen molar-refractivity contribution in [3.8, 4) is 0 Å². The predicted molar refractivity (Wildman–Crippen MR) is 77.3 cm³/mol. The van der Waals surface area contributed by atoms with Crippen LogP contribution in [0.3, 0.4) is 0 Å². The van der Waals surface area contributed by atoms with E-state index in [1.807, 2.05) is 0 Å². The molecule has 0 fully saturated rings. The molecule has 1 rings (SSSR count). The molecule has 1 aromatic rings. The normalized spacial score (nSPS) is 11.2. The van der Waals surface area contributed by atoms with E-state index in [0.29, 0.717) is 0 Å². The van der Waals surface area contributed by atoms with Crippen molar-refractivity contribution in [3.05, 3.63) is 28.2 Å². The molecule has 0 aliphatic carbocycles. The summed E-state index contributed by atoms with van der Waals surface area (Å²) in [5.74, 6) is -0.237. The lowest BCUT2D eigenvalue weighted by Gasteiger charge is -2.24. The van der Waals surface area contributed by atoms with Crippen molar-refractivity contribution in [3.63, 3.8) is 0 Å². The summed E-state index contributed by atoms with van der Waals surface area (Å²) >= 11 is 12.0. The van der Waals surface area contributed by atoms with E-state index in [4.69, 9.17) is 23.2 Å². The number of sulfonamides is 1. The Bertz CT molecular complexity index is 555. The molecular formula is C11H14Cl2N2O3S. The van der Waals surface area contributed by atoms with E-state index in [0.717, 1.165) is 10.6 Å². The maximum absolute atomic E-state index is 11.8. The molecule has 0 aromatic heterocycles. The molecule has 0 atom stereocenters. The molecule has 1 N–H and O–H groups in total. The van der Waals surface area contributed by atoms with Crippen molar-refractivity contribution in [2.45, 2.75) is 6.92 Å². The Morgan fingerprint density at radius 3 is 2.26 bits per heavy atom. The van der Waals surface area contributed by atoms with Gasteiger partial charge in [0.15, 0.2) is 0 Å². The number of amides is 1. The van der Waals surface area contributed by atoms with E-state index in [9.17, 15) is 13.2 Å². The highest BCUT2D eigenvalue weighted by atomic mass is 35.5. The molecule has 1 aromatic carbocycles. The van der Waals surface area contributed by atoms with Crippen LogP contribution in [0, 0.1) is 0 Å². The van der Waals surface area contributed by atoms with Gasteiger partial charge in [-0.2, -0.15) is 0 Å². The fourth-order valence-corrected chi connectivity index (χ4v) is 3.16. The van der Waals surface area contributed by atoms with E-state index in [1.54, 1.807) is 18.2 Å². The highest BCUT2D eigenvalue weighted by Gasteiger charge is 2.22. The van der Waals surface area contributed by atoms with Gasteiger partial charge in [-0.3, -0.25) is 9.10 Å². The number of rotatable bonds is 5. The number of carbonyl (C=O) groups is 1. The van der Waals surface area contributed by atoms with Crippen LogP contribution in [0.1, 0.15) is 6.92 Å². The zero-order valence-corrected chi connectivity index (χ0v) is 12.8. The Hall–Kier alpha value is -0.980. The highest BCUT2D eigenvalue weighted by Crippen LogP contribution is 2.34. The van der Waals surface area contributed by atoms with Gasteiger partial charge in [0.25, 0.3) is 0 Å². The van der Waals surface area contributed by atoms with Gasteiger partial charge in [-0.15, -0.1) is 0 Å². The van der Waals surface area contributed by atoms with Crippen LogP contribution < -0.4 is 9.62 Å². The van der Waals surface area contributed by atoms with Gasteiger partial charge < -0.3 is 5.32 Å². The number of hydrogen-bond donors (Lipinski definition) is 1. The average Bonchev–Trinajstić information content (AvgIpc) is 2.24. The van der Waals surface area contributed by atoms with Crippen molar-refractivity contribution in [1.82, 2.24) is 5.32 Å². The smallest absolute Gasteiger partial charge is 0.232 e. The third kappa shape index (κ3) is 4.56. The first-order valence-electron chi connectivity index (χ1n) is 5.39. The summed E-state index contributed by atoms with van der Waals surface area (Å²) in [6.07, 6.45) is 1.06. The van der Waals surface area contributed by atoms with E-state index >= 15 is 0 Å². The standard InChI is InChI=1S/C11H14Cl2N2O3S/c1-8(16)14-6-7-15(19(2,17)18)11-9(12)4-3-5-10(11)13/h3-5H,6-7H2,1-2H3,(H,14,16). The third-order valence-electron chi connectivity index (χ3n) is 2.28. The van der Waals surface area contributed by atoms with Crippen LogP contribution in [-0.2, 0) is 14.8 Å². The third-order valence-corrected chi connectivity index (χ3v) is 4.05. The second-order valence-corrected chi connectivity index (χ2v) is 6.61. The number of halogens is 2. The summed E-state index contributed by atoms with van der Waals surface area (Å²) in [5.41, 5.74) is 0.221. The first kappa shape index (κ1) is 16.1. The van der Waals surface area contributed by atoms with Gasteiger partial charge in [-0.05, 0) is 12.1 Å². The summed E-state index contributed by atoms with van der Waals surface area (Å²) in [7, 11) is -3.55. The summed E-state index contributed by atoms with van der Waals surface area (Å²) in [4.78, 5) is 10.8. The number of hydrogen-bond acceptors (Lipinski definition) is 3. The van der Waals surface area contributed by atoms with Gasteiger partial charge in [-0.25, -0.2) is 8.42 Å². The van der Waals surface area contributed by atoms with Crippen molar-refractivity contribution in [1.29, 1.82) is 0 Å². The molecule has 5 nitrogen and oxygen atoms in total. The molecular weight excluding hydrogens is 311 g/mol. The van der Waals surface area contributed by atoms with E-state index in [1.165, 1.54) is 6.92 Å². The molecule has 0 aliphatic rings. The maximum Gasteiger partial charge on any atom is 0.232 e. The highest BCUT2D eigenvalue weighted by molar-refractivity contribution is 7.92. The Balaban J connectivity index is 3.08. The molecule has 0 heterocycles. The van der Waals surface area contributed by atoms with E-state index < -0.39 is 10.0 Å². The maximum atomic E-state index is 11.8. The predicted octanol–water partition coefficient (Wildman–Crippen LogP) is 1.90. The van der Waals surface area contributed by atoms with Crippen LogP contribution in [0.2, 0.25) is 10.0 Å². The van der Waals surface area contributed by atoms with Gasteiger partial charge in [0.2, 0.25) is 15.9 Å². The zero-order valence-electron chi connectivity index (χ0n) is 10.5. The van der Waals surface area contributed by atoms with Crippen LogP contribution >= 0.6 is 23.2 Å². The van der Waals surface area contributed by atoms with Gasteiger partial charge >= 0.3 is 0 Å². The second-order valence-electron chi connectivity index (χ2n) is 3.89. The Labute approximate surface area is 122 Å². The lowest BCUT2D eigenvalue weighted by atomic mass is 10.3. The molecule has 8 heteroatoms. The Morgan fingerprint density at radius 1 is 1.32 bits per heavy atom. The summed E-state index contributed by atoms with van der Waals surface area (Å²) < 4.78 is 24.7. The molecule has 0 saturated heterocycles. The van der Waals surface area contributed by atoms with Crippen LogP contribution in [-0.4, -0.2) is 33.7 Å². The van der Waals surface area contributed by atoms with Crippen LogP contribution in [0.15, 0.2) is 18.2 Å². The lowest BCUT2D eigenvalue weighted by molar-refractivity contribution is -0.118. The minimum absolute atomic E-state index is 0.0574. The van der Waals surface area contributed by atoms with Crippen LogP contribution in [0.4, 0.5) is 5.69 Å². The fraction of sp³-hybridized carbons (Fsp3) is 0.364. The van der Waals surface area contributed by atoms with Crippen LogP contribution in [0.5, 0.6) is 0 Å². The minimum atomic E-state index is -3.55. The molecule has 0 bridgehead atoms. The number of nitrogens with zero attached hydrogens (tertiary/aromatic N) is 1. The molecule has 0 radical (unpaired) electrons.